The zero-order chi connectivity index (χ0) is 29.6. The van der Waals surface area contributed by atoms with Crippen LogP contribution >= 0.6 is 11.6 Å². The van der Waals surface area contributed by atoms with E-state index in [4.69, 9.17) is 25.8 Å². The predicted octanol–water partition coefficient (Wildman–Crippen LogP) is 7.28. The Bertz CT molecular complexity index is 1510. The minimum absolute atomic E-state index is 0.000983. The number of ether oxygens (including phenoxy) is 3. The summed E-state index contributed by atoms with van der Waals surface area (Å²) < 4.78 is 17.4. The molecule has 0 spiro atoms. The van der Waals surface area contributed by atoms with Crippen molar-refractivity contribution < 1.29 is 23.8 Å². The van der Waals surface area contributed by atoms with Gasteiger partial charge in [-0.25, -0.2) is 4.79 Å². The number of dihydropyridines is 1. The lowest BCUT2D eigenvalue weighted by atomic mass is 9.71. The van der Waals surface area contributed by atoms with Gasteiger partial charge in [0, 0.05) is 40.7 Å². The normalized spacial score (nSPS) is 18.3. The molecule has 3 aromatic carbocycles. The van der Waals surface area contributed by atoms with Crippen molar-refractivity contribution in [2.45, 2.75) is 51.4 Å². The largest absolute Gasteiger partial charge is 0.493 e. The minimum Gasteiger partial charge on any atom is -0.493 e. The molecule has 42 heavy (non-hydrogen) atoms. The summed E-state index contributed by atoms with van der Waals surface area (Å²) in [6, 6.07) is 23.2. The Balaban J connectivity index is 1.50. The molecule has 2 aliphatic rings. The number of ketones is 1. The Morgan fingerprint density at radius 1 is 0.952 bits per heavy atom. The standard InChI is InChI=1S/C35H36ClNO5/c1-4-17-41-30-15-12-25(21-31(30)40-3)33-32(35(39)42-18-16-23-8-6-5-7-9-23)22(2)37-28-19-26(20-29(38)34(28)33)24-10-13-27(36)14-11-24/h5-15,21,26,33,37H,4,16-20H2,1-3H3. The van der Waals surface area contributed by atoms with Crippen LogP contribution < -0.4 is 14.8 Å². The van der Waals surface area contributed by atoms with E-state index in [1.807, 2.05) is 86.6 Å². The van der Waals surface area contributed by atoms with E-state index in [0.29, 0.717) is 59.2 Å². The molecule has 0 saturated heterocycles. The predicted molar refractivity (Wildman–Crippen MR) is 164 cm³/mol. The summed E-state index contributed by atoms with van der Waals surface area (Å²) >= 11 is 6.12. The average Bonchev–Trinajstić information content (AvgIpc) is 3.00. The number of esters is 1. The molecule has 1 N–H and O–H groups in total. The van der Waals surface area contributed by atoms with Gasteiger partial charge in [-0.2, -0.15) is 0 Å². The van der Waals surface area contributed by atoms with Gasteiger partial charge < -0.3 is 19.5 Å². The van der Waals surface area contributed by atoms with E-state index < -0.39 is 11.9 Å². The molecule has 7 heteroatoms. The van der Waals surface area contributed by atoms with Crippen molar-refractivity contribution in [3.8, 4) is 11.5 Å². The molecule has 0 amide bonds. The number of Topliss-reactive ketones (excluding diaryl/α,β-unsaturated/α-hetero) is 1. The fourth-order valence-corrected chi connectivity index (χ4v) is 5.92. The maximum atomic E-state index is 13.9. The van der Waals surface area contributed by atoms with Crippen LogP contribution in [-0.2, 0) is 20.7 Å². The number of benzene rings is 3. The van der Waals surface area contributed by atoms with Gasteiger partial charge in [-0.15, -0.1) is 0 Å². The quantitative estimate of drug-likeness (QED) is 0.252. The van der Waals surface area contributed by atoms with Gasteiger partial charge >= 0.3 is 5.97 Å². The second kappa shape index (κ2) is 13.3. The number of allylic oxidation sites excluding steroid dienone is 3. The fourth-order valence-electron chi connectivity index (χ4n) is 5.79. The topological polar surface area (TPSA) is 73.9 Å². The smallest absolute Gasteiger partial charge is 0.336 e. The Labute approximate surface area is 252 Å². The van der Waals surface area contributed by atoms with Crippen LogP contribution in [-0.4, -0.2) is 32.1 Å². The molecule has 5 rings (SSSR count). The zero-order valence-corrected chi connectivity index (χ0v) is 25.0. The van der Waals surface area contributed by atoms with E-state index in [0.717, 1.165) is 28.8 Å². The number of carbonyl (C=O) groups is 2. The van der Waals surface area contributed by atoms with Crippen LogP contribution in [0.15, 0.2) is 95.3 Å². The fraction of sp³-hybridized carbons (Fsp3) is 0.314. The van der Waals surface area contributed by atoms with Crippen LogP contribution in [0.1, 0.15) is 61.6 Å². The van der Waals surface area contributed by atoms with Crippen molar-refractivity contribution in [1.29, 1.82) is 0 Å². The van der Waals surface area contributed by atoms with E-state index in [2.05, 4.69) is 5.32 Å². The van der Waals surface area contributed by atoms with E-state index in [9.17, 15) is 9.59 Å². The highest BCUT2D eigenvalue weighted by Crippen LogP contribution is 2.47. The Morgan fingerprint density at radius 3 is 2.40 bits per heavy atom. The van der Waals surface area contributed by atoms with Crippen LogP contribution in [0.3, 0.4) is 0 Å². The highest BCUT2D eigenvalue weighted by Gasteiger charge is 2.41. The molecule has 0 saturated carbocycles. The number of methoxy groups -OCH3 is 1. The van der Waals surface area contributed by atoms with Crippen molar-refractivity contribution in [3.63, 3.8) is 0 Å². The van der Waals surface area contributed by atoms with Gasteiger partial charge in [0.2, 0.25) is 0 Å². The molecule has 218 valence electrons. The molecule has 6 nitrogen and oxygen atoms in total. The Morgan fingerprint density at radius 2 is 1.69 bits per heavy atom. The first-order chi connectivity index (χ1) is 20.4. The molecular weight excluding hydrogens is 550 g/mol. The third kappa shape index (κ3) is 6.39. The number of halogens is 1. The first kappa shape index (κ1) is 29.5. The van der Waals surface area contributed by atoms with Crippen molar-refractivity contribution in [2.75, 3.05) is 20.3 Å². The van der Waals surface area contributed by atoms with E-state index in [1.54, 1.807) is 7.11 Å². The van der Waals surface area contributed by atoms with Crippen molar-refractivity contribution in [1.82, 2.24) is 5.32 Å². The summed E-state index contributed by atoms with van der Waals surface area (Å²) in [5, 5.41) is 4.08. The van der Waals surface area contributed by atoms with E-state index in [-0.39, 0.29) is 18.3 Å². The van der Waals surface area contributed by atoms with Crippen LogP contribution in [0.2, 0.25) is 5.02 Å². The summed E-state index contributed by atoms with van der Waals surface area (Å²) in [7, 11) is 1.59. The molecule has 2 unspecified atom stereocenters. The van der Waals surface area contributed by atoms with Gasteiger partial charge in [0.15, 0.2) is 17.3 Å². The van der Waals surface area contributed by atoms with Crippen molar-refractivity contribution in [2.24, 2.45) is 0 Å². The van der Waals surface area contributed by atoms with Gasteiger partial charge in [-0.3, -0.25) is 4.79 Å². The molecule has 3 aromatic rings. The molecular formula is C35H36ClNO5. The summed E-state index contributed by atoms with van der Waals surface area (Å²) in [4.78, 5) is 27.7. The second-order valence-corrected chi connectivity index (χ2v) is 11.1. The maximum Gasteiger partial charge on any atom is 0.336 e. The van der Waals surface area contributed by atoms with Crippen molar-refractivity contribution >= 4 is 23.4 Å². The summed E-state index contributed by atoms with van der Waals surface area (Å²) in [5.41, 5.74) is 5.47. The number of carbonyl (C=O) groups excluding carboxylic acids is 2. The lowest BCUT2D eigenvalue weighted by Gasteiger charge is -2.37. The third-order valence-corrected chi connectivity index (χ3v) is 8.09. The number of nitrogens with one attached hydrogen (secondary N) is 1. The highest BCUT2D eigenvalue weighted by molar-refractivity contribution is 6.30. The van der Waals surface area contributed by atoms with Crippen LogP contribution in [0.25, 0.3) is 0 Å². The number of hydrogen-bond donors (Lipinski definition) is 1. The van der Waals surface area contributed by atoms with Gasteiger partial charge in [-0.05, 0) is 66.6 Å². The maximum absolute atomic E-state index is 13.9. The number of rotatable bonds is 10. The Hall–Kier alpha value is -4.03. The van der Waals surface area contributed by atoms with E-state index in [1.165, 1.54) is 0 Å². The minimum atomic E-state index is -0.599. The summed E-state index contributed by atoms with van der Waals surface area (Å²) in [6.07, 6.45) is 2.44. The van der Waals surface area contributed by atoms with Crippen LogP contribution in [0.5, 0.6) is 11.5 Å². The number of hydrogen-bond acceptors (Lipinski definition) is 6. The average molecular weight is 586 g/mol. The zero-order valence-electron chi connectivity index (χ0n) is 24.2. The molecule has 0 aromatic heterocycles. The summed E-state index contributed by atoms with van der Waals surface area (Å²) in [5.74, 6) is 0.146. The monoisotopic (exact) mass is 585 g/mol. The molecule has 1 aliphatic heterocycles. The molecule has 0 radical (unpaired) electrons. The second-order valence-electron chi connectivity index (χ2n) is 10.7. The van der Waals surface area contributed by atoms with Crippen molar-refractivity contribution in [3.05, 3.63) is 117 Å². The van der Waals surface area contributed by atoms with Gasteiger partial charge in [0.1, 0.15) is 0 Å². The highest BCUT2D eigenvalue weighted by atomic mass is 35.5. The molecule has 1 heterocycles. The molecule has 2 atom stereocenters. The molecule has 1 aliphatic carbocycles. The van der Waals surface area contributed by atoms with Gasteiger partial charge in [-0.1, -0.05) is 67.1 Å². The third-order valence-electron chi connectivity index (χ3n) is 7.84. The first-order valence-electron chi connectivity index (χ1n) is 14.4. The lowest BCUT2D eigenvalue weighted by Crippen LogP contribution is -2.36. The van der Waals surface area contributed by atoms with Crippen LogP contribution in [0, 0.1) is 0 Å². The molecule has 0 bridgehead atoms. The Kier molecular flexibility index (Phi) is 9.33. The summed E-state index contributed by atoms with van der Waals surface area (Å²) in [6.45, 7) is 4.70. The van der Waals surface area contributed by atoms with Gasteiger partial charge in [0.05, 0.1) is 25.9 Å². The molecule has 0 fully saturated rings. The van der Waals surface area contributed by atoms with E-state index >= 15 is 0 Å². The lowest BCUT2D eigenvalue weighted by molar-refractivity contribution is -0.139. The first-order valence-corrected chi connectivity index (χ1v) is 14.8. The van der Waals surface area contributed by atoms with Gasteiger partial charge in [0.25, 0.3) is 0 Å². The van der Waals surface area contributed by atoms with Crippen LogP contribution in [0.4, 0.5) is 0 Å². The SMILES string of the molecule is CCCOc1ccc(C2C(C(=O)OCCc3ccccc3)=C(C)NC3=C2C(=O)CC(c2ccc(Cl)cc2)C3)cc1OC.